The smallest absolute Gasteiger partial charge is 0.256 e. The second-order valence-corrected chi connectivity index (χ2v) is 5.07. The van der Waals surface area contributed by atoms with Crippen LogP contribution in [0.25, 0.3) is 0 Å². The molecule has 0 unspecified atom stereocenters. The van der Waals surface area contributed by atoms with Crippen LogP contribution < -0.4 is 11.5 Å². The Balaban J connectivity index is 2.29. The van der Waals surface area contributed by atoms with E-state index < -0.39 is 17.6 Å². The van der Waals surface area contributed by atoms with Gasteiger partial charge in [0.05, 0.1) is 12.1 Å². The molecule has 4 N–H and O–H groups in total. The zero-order valence-electron chi connectivity index (χ0n) is 11.1. The molecule has 0 spiro atoms. The maximum absolute atomic E-state index is 13.3. The minimum absolute atomic E-state index is 0.0299. The van der Waals surface area contributed by atoms with Crippen LogP contribution in [-0.4, -0.2) is 29.3 Å². The van der Waals surface area contributed by atoms with Crippen molar-refractivity contribution in [2.45, 2.75) is 31.7 Å². The average Bonchev–Trinajstić information content (AvgIpc) is 2.91. The van der Waals surface area contributed by atoms with E-state index in [0.717, 1.165) is 31.7 Å². The Morgan fingerprint density at radius 3 is 2.55 bits per heavy atom. The van der Waals surface area contributed by atoms with Gasteiger partial charge in [-0.05, 0) is 31.0 Å². The molecule has 1 aromatic carbocycles. The number of rotatable bonds is 4. The SMILES string of the molecule is NC(=O)CN(C(=O)c1cc(F)ccc1N)C1CCCC1. The maximum atomic E-state index is 13.3. The van der Waals surface area contributed by atoms with Crippen LogP contribution in [-0.2, 0) is 4.79 Å². The molecule has 1 saturated carbocycles. The number of carbonyl (C=O) groups excluding carboxylic acids is 2. The molecule has 0 bridgehead atoms. The molecule has 2 rings (SSSR count). The van der Waals surface area contributed by atoms with E-state index in [0.29, 0.717) is 0 Å². The van der Waals surface area contributed by atoms with Crippen LogP contribution in [0.4, 0.5) is 10.1 Å². The molecular weight excluding hydrogens is 261 g/mol. The summed E-state index contributed by atoms with van der Waals surface area (Å²) in [5, 5.41) is 0. The molecule has 20 heavy (non-hydrogen) atoms. The molecule has 1 aromatic rings. The predicted molar refractivity (Wildman–Crippen MR) is 73.3 cm³/mol. The minimum Gasteiger partial charge on any atom is -0.398 e. The Morgan fingerprint density at radius 1 is 1.30 bits per heavy atom. The van der Waals surface area contributed by atoms with Gasteiger partial charge in [0, 0.05) is 11.7 Å². The topological polar surface area (TPSA) is 89.4 Å². The second-order valence-electron chi connectivity index (χ2n) is 5.07. The third-order valence-corrected chi connectivity index (χ3v) is 3.60. The molecule has 0 aromatic heterocycles. The largest absolute Gasteiger partial charge is 0.398 e. The van der Waals surface area contributed by atoms with Gasteiger partial charge in [-0.25, -0.2) is 4.39 Å². The molecule has 0 radical (unpaired) electrons. The van der Waals surface area contributed by atoms with E-state index in [1.807, 2.05) is 0 Å². The summed E-state index contributed by atoms with van der Waals surface area (Å²) in [5.41, 5.74) is 11.2. The number of nitrogens with two attached hydrogens (primary N) is 2. The summed E-state index contributed by atoms with van der Waals surface area (Å²) in [6, 6.07) is 3.61. The highest BCUT2D eigenvalue weighted by Crippen LogP contribution is 2.26. The highest BCUT2D eigenvalue weighted by molar-refractivity contribution is 6.00. The van der Waals surface area contributed by atoms with Crippen molar-refractivity contribution in [2.24, 2.45) is 5.73 Å². The number of carbonyl (C=O) groups is 2. The van der Waals surface area contributed by atoms with Crippen LogP contribution in [0.3, 0.4) is 0 Å². The van der Waals surface area contributed by atoms with E-state index in [-0.39, 0.29) is 23.8 Å². The van der Waals surface area contributed by atoms with Crippen molar-refractivity contribution in [3.05, 3.63) is 29.6 Å². The van der Waals surface area contributed by atoms with Crippen LogP contribution >= 0.6 is 0 Å². The maximum Gasteiger partial charge on any atom is 0.256 e. The molecule has 1 aliphatic carbocycles. The van der Waals surface area contributed by atoms with Crippen molar-refractivity contribution in [1.82, 2.24) is 4.90 Å². The van der Waals surface area contributed by atoms with Crippen molar-refractivity contribution in [2.75, 3.05) is 12.3 Å². The molecule has 0 atom stereocenters. The van der Waals surface area contributed by atoms with Gasteiger partial charge >= 0.3 is 0 Å². The van der Waals surface area contributed by atoms with E-state index in [1.54, 1.807) is 0 Å². The van der Waals surface area contributed by atoms with Crippen molar-refractivity contribution in [3.8, 4) is 0 Å². The molecule has 6 heteroatoms. The lowest BCUT2D eigenvalue weighted by atomic mass is 10.1. The standard InChI is InChI=1S/C14H18FN3O2/c15-9-5-6-12(16)11(7-9)14(20)18(8-13(17)19)10-3-1-2-4-10/h5-7,10H,1-4,8,16H2,(H2,17,19). The van der Waals surface area contributed by atoms with E-state index >= 15 is 0 Å². The number of benzene rings is 1. The molecule has 1 fully saturated rings. The zero-order chi connectivity index (χ0) is 14.7. The monoisotopic (exact) mass is 279 g/mol. The molecule has 0 saturated heterocycles. The summed E-state index contributed by atoms with van der Waals surface area (Å²) >= 11 is 0. The summed E-state index contributed by atoms with van der Waals surface area (Å²) in [6.07, 6.45) is 3.67. The van der Waals surface area contributed by atoms with Gasteiger partial charge in [0.15, 0.2) is 0 Å². The van der Waals surface area contributed by atoms with Crippen LogP contribution in [0, 0.1) is 5.82 Å². The lowest BCUT2D eigenvalue weighted by molar-refractivity contribution is -0.119. The Kier molecular flexibility index (Phi) is 4.22. The molecule has 0 aliphatic heterocycles. The van der Waals surface area contributed by atoms with Gasteiger partial charge in [0.1, 0.15) is 5.82 Å². The van der Waals surface area contributed by atoms with Crippen molar-refractivity contribution >= 4 is 17.5 Å². The first-order chi connectivity index (χ1) is 9.49. The van der Waals surface area contributed by atoms with Crippen molar-refractivity contribution in [1.29, 1.82) is 0 Å². The van der Waals surface area contributed by atoms with Crippen molar-refractivity contribution in [3.63, 3.8) is 0 Å². The number of anilines is 1. The number of amides is 2. The third kappa shape index (κ3) is 3.07. The van der Waals surface area contributed by atoms with Crippen molar-refractivity contribution < 1.29 is 14.0 Å². The van der Waals surface area contributed by atoms with Crippen LogP contribution in [0.5, 0.6) is 0 Å². The highest BCUT2D eigenvalue weighted by Gasteiger charge is 2.29. The van der Waals surface area contributed by atoms with E-state index in [2.05, 4.69) is 0 Å². The first-order valence-electron chi connectivity index (χ1n) is 6.63. The number of hydrogen-bond donors (Lipinski definition) is 2. The summed E-state index contributed by atoms with van der Waals surface area (Å²) in [6.45, 7) is -0.167. The number of primary amides is 1. The Labute approximate surface area is 116 Å². The lowest BCUT2D eigenvalue weighted by Gasteiger charge is -2.28. The summed E-state index contributed by atoms with van der Waals surface area (Å²) in [7, 11) is 0. The van der Waals surface area contributed by atoms with Gasteiger partial charge < -0.3 is 16.4 Å². The summed E-state index contributed by atoms with van der Waals surface area (Å²) in [4.78, 5) is 25.1. The van der Waals surface area contributed by atoms with Crippen LogP contribution in [0.1, 0.15) is 36.0 Å². The normalized spacial score (nSPS) is 15.2. The van der Waals surface area contributed by atoms with E-state index in [4.69, 9.17) is 11.5 Å². The summed E-state index contributed by atoms with van der Waals surface area (Å²) in [5.74, 6) is -1.55. The van der Waals surface area contributed by atoms with Gasteiger partial charge in [0.2, 0.25) is 5.91 Å². The number of nitrogen functional groups attached to an aromatic ring is 1. The fourth-order valence-electron chi connectivity index (χ4n) is 2.62. The van der Waals surface area contributed by atoms with Gasteiger partial charge in [-0.3, -0.25) is 9.59 Å². The average molecular weight is 279 g/mol. The van der Waals surface area contributed by atoms with Gasteiger partial charge in [-0.1, -0.05) is 12.8 Å². The van der Waals surface area contributed by atoms with Crippen LogP contribution in [0.2, 0.25) is 0 Å². The Bertz CT molecular complexity index is 527. The minimum atomic E-state index is -0.583. The number of hydrogen-bond acceptors (Lipinski definition) is 3. The predicted octanol–water partition coefficient (Wildman–Crippen LogP) is 1.28. The molecule has 1 aliphatic rings. The lowest BCUT2D eigenvalue weighted by Crippen LogP contribution is -2.44. The van der Waals surface area contributed by atoms with Gasteiger partial charge in [-0.15, -0.1) is 0 Å². The second kappa shape index (κ2) is 5.90. The Hall–Kier alpha value is -2.11. The molecule has 108 valence electrons. The highest BCUT2D eigenvalue weighted by atomic mass is 19.1. The first kappa shape index (κ1) is 14.3. The van der Waals surface area contributed by atoms with E-state index in [9.17, 15) is 14.0 Å². The summed E-state index contributed by atoms with van der Waals surface area (Å²) < 4.78 is 13.3. The molecule has 2 amide bonds. The van der Waals surface area contributed by atoms with Gasteiger partial charge in [0.25, 0.3) is 5.91 Å². The quantitative estimate of drug-likeness (QED) is 0.813. The van der Waals surface area contributed by atoms with Crippen LogP contribution in [0.15, 0.2) is 18.2 Å². The first-order valence-corrected chi connectivity index (χ1v) is 6.63. The fraction of sp³-hybridized carbons (Fsp3) is 0.429. The molecular formula is C14H18FN3O2. The number of nitrogens with zero attached hydrogens (tertiary/aromatic N) is 1. The number of halogens is 1. The Morgan fingerprint density at radius 2 is 1.95 bits per heavy atom. The molecule has 0 heterocycles. The zero-order valence-corrected chi connectivity index (χ0v) is 11.1. The fourth-order valence-corrected chi connectivity index (χ4v) is 2.62. The van der Waals surface area contributed by atoms with E-state index in [1.165, 1.54) is 17.0 Å². The molecule has 5 nitrogen and oxygen atoms in total. The third-order valence-electron chi connectivity index (χ3n) is 3.60. The van der Waals surface area contributed by atoms with Gasteiger partial charge in [-0.2, -0.15) is 0 Å².